The zero-order chi connectivity index (χ0) is 18.9. The first kappa shape index (κ1) is 18.4. The van der Waals surface area contributed by atoms with E-state index in [1.807, 2.05) is 24.4 Å². The SMILES string of the molecule is O=S(=O)(NC1Cc2cc(Cl)ccc2N(Cc2cncs2)C1)c1ccccc1. The number of nitrogens with zero attached hydrogens (tertiary/aromatic N) is 2. The van der Waals surface area contributed by atoms with Crippen LogP contribution in [0.15, 0.2) is 65.1 Å². The summed E-state index contributed by atoms with van der Waals surface area (Å²) in [6.45, 7) is 1.27. The third-order valence-corrected chi connectivity index (χ3v) is 7.03. The Morgan fingerprint density at radius 1 is 1.22 bits per heavy atom. The smallest absolute Gasteiger partial charge is 0.240 e. The third kappa shape index (κ3) is 4.16. The minimum atomic E-state index is -3.58. The summed E-state index contributed by atoms with van der Waals surface area (Å²) in [6, 6.07) is 14.0. The molecule has 3 aromatic rings. The highest BCUT2D eigenvalue weighted by Gasteiger charge is 2.28. The maximum atomic E-state index is 12.7. The molecule has 0 saturated heterocycles. The molecule has 1 aromatic heterocycles. The highest BCUT2D eigenvalue weighted by molar-refractivity contribution is 7.89. The molecule has 0 amide bonds. The predicted octanol–water partition coefficient (Wildman–Crippen LogP) is 3.71. The monoisotopic (exact) mass is 419 g/mol. The van der Waals surface area contributed by atoms with Gasteiger partial charge in [0.25, 0.3) is 0 Å². The number of aromatic nitrogens is 1. The number of hydrogen-bond acceptors (Lipinski definition) is 5. The minimum absolute atomic E-state index is 0.242. The second-order valence-corrected chi connectivity index (χ2v) is 9.58. The average molecular weight is 420 g/mol. The van der Waals surface area contributed by atoms with Gasteiger partial charge in [-0.25, -0.2) is 13.1 Å². The summed E-state index contributed by atoms with van der Waals surface area (Å²) < 4.78 is 28.3. The van der Waals surface area contributed by atoms with Crippen LogP contribution >= 0.6 is 22.9 Å². The van der Waals surface area contributed by atoms with Gasteiger partial charge in [0.05, 0.1) is 17.0 Å². The van der Waals surface area contributed by atoms with Gasteiger partial charge in [-0.05, 0) is 42.3 Å². The van der Waals surface area contributed by atoms with E-state index in [2.05, 4.69) is 14.6 Å². The molecule has 2 heterocycles. The zero-order valence-corrected chi connectivity index (χ0v) is 16.8. The molecule has 0 saturated carbocycles. The lowest BCUT2D eigenvalue weighted by Gasteiger charge is -2.36. The van der Waals surface area contributed by atoms with Crippen LogP contribution in [0.4, 0.5) is 5.69 Å². The molecular formula is C19H18ClN3O2S2. The molecule has 1 aliphatic rings. The van der Waals surface area contributed by atoms with Gasteiger partial charge in [-0.3, -0.25) is 4.98 Å². The summed E-state index contributed by atoms with van der Waals surface area (Å²) in [4.78, 5) is 7.72. The zero-order valence-electron chi connectivity index (χ0n) is 14.4. The predicted molar refractivity (Wildman–Crippen MR) is 109 cm³/mol. The van der Waals surface area contributed by atoms with Crippen molar-refractivity contribution < 1.29 is 8.42 Å². The van der Waals surface area contributed by atoms with Crippen molar-refractivity contribution in [3.05, 3.63) is 75.7 Å². The van der Waals surface area contributed by atoms with Crippen LogP contribution in [0.25, 0.3) is 0 Å². The first-order valence-corrected chi connectivity index (χ1v) is 11.2. The van der Waals surface area contributed by atoms with E-state index >= 15 is 0 Å². The van der Waals surface area contributed by atoms with E-state index in [0.29, 0.717) is 24.5 Å². The first-order chi connectivity index (χ1) is 13.0. The Morgan fingerprint density at radius 2 is 2.04 bits per heavy atom. The molecule has 0 spiro atoms. The molecule has 140 valence electrons. The van der Waals surface area contributed by atoms with Crippen LogP contribution in [0.2, 0.25) is 5.02 Å². The van der Waals surface area contributed by atoms with Crippen molar-refractivity contribution in [1.29, 1.82) is 0 Å². The van der Waals surface area contributed by atoms with Crippen molar-refractivity contribution in [3.63, 3.8) is 0 Å². The molecule has 0 radical (unpaired) electrons. The van der Waals surface area contributed by atoms with E-state index in [-0.39, 0.29) is 10.9 Å². The molecule has 8 heteroatoms. The fourth-order valence-electron chi connectivity index (χ4n) is 3.34. The highest BCUT2D eigenvalue weighted by atomic mass is 35.5. The van der Waals surface area contributed by atoms with Gasteiger partial charge in [0.15, 0.2) is 0 Å². The van der Waals surface area contributed by atoms with Gasteiger partial charge >= 0.3 is 0 Å². The van der Waals surface area contributed by atoms with Crippen LogP contribution in [0.3, 0.4) is 0 Å². The van der Waals surface area contributed by atoms with Crippen molar-refractivity contribution in [3.8, 4) is 0 Å². The molecule has 27 heavy (non-hydrogen) atoms. The van der Waals surface area contributed by atoms with Crippen LogP contribution in [0.5, 0.6) is 0 Å². The Hall–Kier alpha value is -1.93. The van der Waals surface area contributed by atoms with Crippen molar-refractivity contribution in [2.24, 2.45) is 0 Å². The van der Waals surface area contributed by atoms with Crippen LogP contribution in [-0.2, 0) is 23.0 Å². The number of halogens is 1. The lowest BCUT2D eigenvalue weighted by atomic mass is 9.98. The molecule has 1 atom stereocenters. The second kappa shape index (κ2) is 7.59. The summed E-state index contributed by atoms with van der Waals surface area (Å²) in [6.07, 6.45) is 2.44. The minimum Gasteiger partial charge on any atom is -0.364 e. The Labute approximate surface area is 167 Å². The summed E-state index contributed by atoms with van der Waals surface area (Å²) in [5.41, 5.74) is 3.93. The molecule has 1 aliphatic heterocycles. The van der Waals surface area contributed by atoms with Gasteiger partial charge in [-0.15, -0.1) is 11.3 Å². The van der Waals surface area contributed by atoms with Crippen molar-refractivity contribution in [2.45, 2.75) is 23.9 Å². The number of anilines is 1. The number of rotatable bonds is 5. The van der Waals surface area contributed by atoms with Crippen LogP contribution < -0.4 is 9.62 Å². The standard InChI is InChI=1S/C19H18ClN3O2S2/c20-15-6-7-19-14(8-15)9-16(11-23(19)12-17-10-21-13-26-17)22-27(24,25)18-4-2-1-3-5-18/h1-8,10,13,16,22H,9,11-12H2. The first-order valence-electron chi connectivity index (χ1n) is 8.49. The lowest BCUT2D eigenvalue weighted by Crippen LogP contribution is -2.47. The molecule has 2 aromatic carbocycles. The molecule has 1 N–H and O–H groups in total. The molecule has 0 fully saturated rings. The average Bonchev–Trinajstić information content (AvgIpc) is 3.15. The second-order valence-electron chi connectivity index (χ2n) is 6.46. The van der Waals surface area contributed by atoms with Gasteiger partial charge in [0.1, 0.15) is 0 Å². The van der Waals surface area contributed by atoms with Gasteiger partial charge in [-0.2, -0.15) is 0 Å². The van der Waals surface area contributed by atoms with E-state index in [1.165, 1.54) is 0 Å². The molecule has 1 unspecified atom stereocenters. The summed E-state index contributed by atoms with van der Waals surface area (Å²) >= 11 is 7.77. The summed E-state index contributed by atoms with van der Waals surface area (Å²) in [7, 11) is -3.58. The number of hydrogen-bond donors (Lipinski definition) is 1. The van der Waals surface area contributed by atoms with Crippen LogP contribution in [0, 0.1) is 0 Å². The largest absolute Gasteiger partial charge is 0.364 e. The van der Waals surface area contributed by atoms with E-state index in [0.717, 1.165) is 16.1 Å². The normalized spacial score (nSPS) is 16.9. The van der Waals surface area contributed by atoms with Gasteiger partial charge in [0.2, 0.25) is 10.0 Å². The van der Waals surface area contributed by atoms with E-state index < -0.39 is 10.0 Å². The van der Waals surface area contributed by atoms with E-state index in [1.54, 1.807) is 47.2 Å². The fourth-order valence-corrected chi connectivity index (χ4v) is 5.40. The van der Waals surface area contributed by atoms with Crippen LogP contribution in [0.1, 0.15) is 10.4 Å². The van der Waals surface area contributed by atoms with Crippen molar-refractivity contribution >= 4 is 38.6 Å². The lowest BCUT2D eigenvalue weighted by molar-refractivity contribution is 0.525. The van der Waals surface area contributed by atoms with E-state index in [9.17, 15) is 8.42 Å². The number of fused-ring (bicyclic) bond motifs is 1. The van der Waals surface area contributed by atoms with E-state index in [4.69, 9.17) is 11.6 Å². The molecule has 0 bridgehead atoms. The number of benzene rings is 2. The number of thiazole rings is 1. The molecular weight excluding hydrogens is 402 g/mol. The summed E-state index contributed by atoms with van der Waals surface area (Å²) in [5, 5.41) is 0.651. The maximum absolute atomic E-state index is 12.7. The Morgan fingerprint density at radius 3 is 2.78 bits per heavy atom. The quantitative estimate of drug-likeness (QED) is 0.684. The topological polar surface area (TPSA) is 62.3 Å². The maximum Gasteiger partial charge on any atom is 0.240 e. The highest BCUT2D eigenvalue weighted by Crippen LogP contribution is 2.31. The van der Waals surface area contributed by atoms with Gasteiger partial charge in [0, 0.05) is 34.4 Å². The van der Waals surface area contributed by atoms with Crippen molar-refractivity contribution in [2.75, 3.05) is 11.4 Å². The molecule has 4 rings (SSSR count). The molecule has 5 nitrogen and oxygen atoms in total. The summed E-state index contributed by atoms with van der Waals surface area (Å²) in [5.74, 6) is 0. The van der Waals surface area contributed by atoms with Gasteiger partial charge < -0.3 is 4.90 Å². The molecule has 0 aliphatic carbocycles. The number of nitrogens with one attached hydrogen (secondary N) is 1. The van der Waals surface area contributed by atoms with Gasteiger partial charge in [-0.1, -0.05) is 29.8 Å². The number of sulfonamides is 1. The third-order valence-electron chi connectivity index (χ3n) is 4.49. The van der Waals surface area contributed by atoms with Crippen molar-refractivity contribution in [1.82, 2.24) is 9.71 Å². The Balaban J connectivity index is 1.61. The van der Waals surface area contributed by atoms with Crippen LogP contribution in [-0.4, -0.2) is 26.0 Å². The fraction of sp³-hybridized carbons (Fsp3) is 0.211. The Bertz CT molecular complexity index is 1020. The Kier molecular flexibility index (Phi) is 5.19.